The van der Waals surface area contributed by atoms with Crippen LogP contribution in [-0.4, -0.2) is 24.0 Å². The Hall–Kier alpha value is -3.51. The number of hydrogen-bond acceptors (Lipinski definition) is 5. The highest BCUT2D eigenvalue weighted by Gasteiger charge is 2.19. The highest BCUT2D eigenvalue weighted by molar-refractivity contribution is 7.10. The summed E-state index contributed by atoms with van der Waals surface area (Å²) in [5.41, 5.74) is 6.59. The van der Waals surface area contributed by atoms with Crippen LogP contribution in [0.15, 0.2) is 60.1 Å². The van der Waals surface area contributed by atoms with E-state index in [4.69, 9.17) is 0 Å². The molecule has 0 N–H and O–H groups in total. The van der Waals surface area contributed by atoms with Gasteiger partial charge in [-0.25, -0.2) is 9.78 Å². The first-order chi connectivity index (χ1) is 15.9. The predicted molar refractivity (Wildman–Crippen MR) is 136 cm³/mol. The molecule has 2 aromatic carbocycles. The third-order valence-corrected chi connectivity index (χ3v) is 5.98. The largest absolute Gasteiger partial charge is 0.466 e. The fourth-order valence-corrected chi connectivity index (χ4v) is 3.89. The fraction of sp³-hybridized carbons (Fsp3) is 0.222. The number of carbonyl (C=O) groups excluding carboxylic acids is 2. The molecule has 0 unspecified atom stereocenters. The second-order valence-corrected chi connectivity index (χ2v) is 8.79. The van der Waals surface area contributed by atoms with Crippen LogP contribution in [0.3, 0.4) is 0 Å². The Bertz CT molecular complexity index is 1160. The third-order valence-electron chi connectivity index (χ3n) is 5.09. The highest BCUT2D eigenvalue weighted by atomic mass is 32.1. The van der Waals surface area contributed by atoms with E-state index >= 15 is 0 Å². The van der Waals surface area contributed by atoms with Crippen LogP contribution < -0.4 is 4.90 Å². The van der Waals surface area contributed by atoms with Gasteiger partial charge >= 0.3 is 5.97 Å². The van der Waals surface area contributed by atoms with Gasteiger partial charge in [-0.1, -0.05) is 56.3 Å². The summed E-state index contributed by atoms with van der Waals surface area (Å²) in [6, 6.07) is 15.8. The number of esters is 1. The molecule has 0 aliphatic heterocycles. The molecule has 6 heteroatoms. The third kappa shape index (κ3) is 6.73. The molecule has 5 nitrogen and oxygen atoms in total. The molecule has 1 amide bonds. The molecule has 0 radical (unpaired) electrons. The number of amides is 1. The van der Waals surface area contributed by atoms with E-state index in [0.29, 0.717) is 6.54 Å². The molecule has 3 rings (SSSR count). The van der Waals surface area contributed by atoms with E-state index in [1.165, 1.54) is 13.2 Å². The molecule has 0 aliphatic carbocycles. The average molecular weight is 461 g/mol. The molecule has 3 aromatic rings. The maximum absolute atomic E-state index is 13.0. The van der Waals surface area contributed by atoms with Gasteiger partial charge in [0.2, 0.25) is 5.91 Å². The normalized spacial score (nSPS) is 11.4. The van der Waals surface area contributed by atoms with Crippen molar-refractivity contribution in [3.05, 3.63) is 87.4 Å². The van der Waals surface area contributed by atoms with Crippen LogP contribution in [0.25, 0.3) is 18.2 Å². The van der Waals surface area contributed by atoms with Gasteiger partial charge in [0, 0.05) is 22.6 Å². The van der Waals surface area contributed by atoms with Gasteiger partial charge in [0.05, 0.1) is 24.9 Å². The van der Waals surface area contributed by atoms with Crippen molar-refractivity contribution in [3.63, 3.8) is 0 Å². The van der Waals surface area contributed by atoms with Crippen LogP contribution in [0.1, 0.15) is 41.1 Å². The zero-order valence-electron chi connectivity index (χ0n) is 19.3. The van der Waals surface area contributed by atoms with Gasteiger partial charge in [-0.2, -0.15) is 0 Å². The van der Waals surface area contributed by atoms with Gasteiger partial charge < -0.3 is 9.64 Å². The number of hydrogen-bond donors (Lipinski definition) is 0. The Morgan fingerprint density at radius 1 is 1.06 bits per heavy atom. The zero-order valence-corrected chi connectivity index (χ0v) is 20.1. The quantitative estimate of drug-likeness (QED) is 0.306. The van der Waals surface area contributed by atoms with Crippen molar-refractivity contribution < 1.29 is 14.3 Å². The second-order valence-electron chi connectivity index (χ2n) is 7.91. The van der Waals surface area contributed by atoms with Crippen molar-refractivity contribution in [3.8, 4) is 0 Å². The SMILES string of the molecule is COC(=O)/C=C/c1cccc(N(Cc2ccc(/C=C/c3scnc3C)cc2)C(=O)C(C)C)c1. The first-order valence-corrected chi connectivity index (χ1v) is 11.6. The summed E-state index contributed by atoms with van der Waals surface area (Å²) >= 11 is 1.62. The van der Waals surface area contributed by atoms with Crippen molar-refractivity contribution in [2.24, 2.45) is 5.92 Å². The van der Waals surface area contributed by atoms with E-state index in [-0.39, 0.29) is 11.8 Å². The Labute approximate surface area is 199 Å². The van der Waals surface area contributed by atoms with E-state index < -0.39 is 5.97 Å². The summed E-state index contributed by atoms with van der Waals surface area (Å²) in [4.78, 5) is 31.6. The highest BCUT2D eigenvalue weighted by Crippen LogP contribution is 2.23. The number of ether oxygens (including phenoxy) is 1. The molecule has 0 saturated carbocycles. The number of carbonyl (C=O) groups is 2. The number of methoxy groups -OCH3 is 1. The first kappa shape index (κ1) is 24.1. The number of rotatable bonds is 8. The average Bonchev–Trinajstić information content (AvgIpc) is 3.24. The fourth-order valence-electron chi connectivity index (χ4n) is 3.20. The Balaban J connectivity index is 1.80. The number of nitrogens with zero attached hydrogens (tertiary/aromatic N) is 2. The van der Waals surface area contributed by atoms with Crippen LogP contribution in [0.2, 0.25) is 0 Å². The molecular formula is C27H28N2O3S. The number of thiazole rings is 1. The summed E-state index contributed by atoms with van der Waals surface area (Å²) in [6.45, 7) is 6.25. The van der Waals surface area contributed by atoms with E-state index in [1.54, 1.807) is 22.3 Å². The molecule has 0 saturated heterocycles. The van der Waals surface area contributed by atoms with Gasteiger partial charge in [0.25, 0.3) is 0 Å². The molecule has 0 atom stereocenters. The standard InChI is InChI=1S/C27H28N2O3S/c1-19(2)27(31)29(24-7-5-6-22(16-24)13-15-26(30)32-4)17-23-10-8-21(9-11-23)12-14-25-20(3)28-18-33-25/h5-16,18-19H,17H2,1-4H3/b14-12+,15-13+. The lowest BCUT2D eigenvalue weighted by Gasteiger charge is -2.25. The monoisotopic (exact) mass is 460 g/mol. The Morgan fingerprint density at radius 3 is 2.45 bits per heavy atom. The van der Waals surface area contributed by atoms with E-state index in [2.05, 4.69) is 34.0 Å². The smallest absolute Gasteiger partial charge is 0.330 e. The topological polar surface area (TPSA) is 59.5 Å². The molecule has 1 heterocycles. The lowest BCUT2D eigenvalue weighted by molar-refractivity contribution is -0.134. The molecule has 0 spiro atoms. The molecule has 170 valence electrons. The summed E-state index contributed by atoms with van der Waals surface area (Å²) in [6.07, 6.45) is 7.19. The minimum Gasteiger partial charge on any atom is -0.466 e. The molecule has 1 aromatic heterocycles. The van der Waals surface area contributed by atoms with Crippen LogP contribution >= 0.6 is 11.3 Å². The number of benzene rings is 2. The van der Waals surface area contributed by atoms with Crippen LogP contribution in [0.4, 0.5) is 5.69 Å². The van der Waals surface area contributed by atoms with Crippen molar-refractivity contribution in [2.45, 2.75) is 27.3 Å². The summed E-state index contributed by atoms with van der Waals surface area (Å²) in [5.74, 6) is -0.534. The lowest BCUT2D eigenvalue weighted by atomic mass is 10.1. The molecule has 0 aliphatic rings. The molecule has 33 heavy (non-hydrogen) atoms. The van der Waals surface area contributed by atoms with E-state index in [0.717, 1.165) is 32.9 Å². The number of aromatic nitrogens is 1. The number of aryl methyl sites for hydroxylation is 1. The molecule has 0 bridgehead atoms. The van der Waals surface area contributed by atoms with Crippen LogP contribution in [0, 0.1) is 12.8 Å². The molecular weight excluding hydrogens is 432 g/mol. The minimum absolute atomic E-state index is 0.0359. The second kappa shape index (κ2) is 11.4. The Morgan fingerprint density at radius 2 is 1.82 bits per heavy atom. The van der Waals surface area contributed by atoms with Crippen molar-refractivity contribution in [2.75, 3.05) is 12.0 Å². The first-order valence-electron chi connectivity index (χ1n) is 10.7. The van der Waals surface area contributed by atoms with Crippen LogP contribution in [-0.2, 0) is 20.9 Å². The van der Waals surface area contributed by atoms with Gasteiger partial charge in [-0.05, 0) is 47.9 Å². The predicted octanol–water partition coefficient (Wildman–Crippen LogP) is 6.00. The van der Waals surface area contributed by atoms with Gasteiger partial charge in [-0.15, -0.1) is 11.3 Å². The minimum atomic E-state index is -0.421. The summed E-state index contributed by atoms with van der Waals surface area (Å²) in [5, 5.41) is 0. The van der Waals surface area contributed by atoms with Gasteiger partial charge in [-0.3, -0.25) is 4.79 Å². The van der Waals surface area contributed by atoms with Crippen molar-refractivity contribution in [1.29, 1.82) is 0 Å². The zero-order chi connectivity index (χ0) is 23.8. The van der Waals surface area contributed by atoms with Gasteiger partial charge in [0.15, 0.2) is 0 Å². The van der Waals surface area contributed by atoms with E-state index in [9.17, 15) is 9.59 Å². The van der Waals surface area contributed by atoms with Crippen LogP contribution in [0.5, 0.6) is 0 Å². The number of anilines is 1. The van der Waals surface area contributed by atoms with Crippen molar-refractivity contribution >= 4 is 47.1 Å². The van der Waals surface area contributed by atoms with Gasteiger partial charge in [0.1, 0.15) is 0 Å². The Kier molecular flexibility index (Phi) is 8.33. The lowest BCUT2D eigenvalue weighted by Crippen LogP contribution is -2.33. The summed E-state index contributed by atoms with van der Waals surface area (Å²) < 4.78 is 4.65. The van der Waals surface area contributed by atoms with Crippen molar-refractivity contribution in [1.82, 2.24) is 4.98 Å². The molecule has 0 fully saturated rings. The maximum Gasteiger partial charge on any atom is 0.330 e. The summed E-state index contributed by atoms with van der Waals surface area (Å²) in [7, 11) is 1.34. The maximum atomic E-state index is 13.0. The van der Waals surface area contributed by atoms with E-state index in [1.807, 2.05) is 62.7 Å².